The third-order valence-electron chi connectivity index (χ3n) is 2.62. The molecule has 1 amide bonds. The molecule has 0 saturated carbocycles. The first-order valence-electron chi connectivity index (χ1n) is 5.69. The number of amides is 1. The van der Waals surface area contributed by atoms with Crippen LogP contribution in [0.2, 0.25) is 0 Å². The highest BCUT2D eigenvalue weighted by molar-refractivity contribution is 5.94. The smallest absolute Gasteiger partial charge is 0.268 e. The van der Waals surface area contributed by atoms with Crippen molar-refractivity contribution < 1.29 is 22.7 Å². The SMILES string of the molecule is Cc1oc(COc2ccc(F)c(F)c2)cc1C(=O)NN. The Hall–Kier alpha value is -2.41. The summed E-state index contributed by atoms with van der Waals surface area (Å²) in [5.74, 6) is 3.51. The molecule has 5 nitrogen and oxygen atoms in total. The number of hydrazine groups is 1. The van der Waals surface area contributed by atoms with Gasteiger partial charge in [0, 0.05) is 6.07 Å². The molecule has 2 aromatic rings. The monoisotopic (exact) mass is 282 g/mol. The molecule has 7 heteroatoms. The molecule has 0 aliphatic carbocycles. The molecule has 0 spiro atoms. The van der Waals surface area contributed by atoms with Crippen LogP contribution in [0.1, 0.15) is 21.9 Å². The van der Waals surface area contributed by atoms with Crippen molar-refractivity contribution >= 4 is 5.91 Å². The number of rotatable bonds is 4. The van der Waals surface area contributed by atoms with Crippen LogP contribution in [0.4, 0.5) is 8.78 Å². The van der Waals surface area contributed by atoms with E-state index in [2.05, 4.69) is 0 Å². The van der Waals surface area contributed by atoms with Crippen molar-refractivity contribution in [1.29, 1.82) is 0 Å². The van der Waals surface area contributed by atoms with Gasteiger partial charge in [-0.2, -0.15) is 0 Å². The van der Waals surface area contributed by atoms with Crippen molar-refractivity contribution in [3.63, 3.8) is 0 Å². The van der Waals surface area contributed by atoms with Gasteiger partial charge in [0.15, 0.2) is 11.6 Å². The number of nitrogen functional groups attached to an aromatic ring is 1. The number of furan rings is 1. The van der Waals surface area contributed by atoms with Gasteiger partial charge in [-0.3, -0.25) is 10.2 Å². The predicted octanol–water partition coefficient (Wildman–Crippen LogP) is 2.05. The number of benzene rings is 1. The average Bonchev–Trinajstić information content (AvgIpc) is 2.80. The molecule has 1 aromatic carbocycles. The summed E-state index contributed by atoms with van der Waals surface area (Å²) < 4.78 is 36.3. The van der Waals surface area contributed by atoms with Gasteiger partial charge < -0.3 is 9.15 Å². The fourth-order valence-corrected chi connectivity index (χ4v) is 1.64. The Bertz CT molecular complexity index is 641. The third-order valence-corrected chi connectivity index (χ3v) is 2.62. The number of nitrogens with one attached hydrogen (secondary N) is 1. The van der Waals surface area contributed by atoms with Gasteiger partial charge in [-0.15, -0.1) is 0 Å². The number of ether oxygens (including phenoxy) is 1. The van der Waals surface area contributed by atoms with E-state index in [1.54, 1.807) is 6.92 Å². The van der Waals surface area contributed by atoms with Crippen molar-refractivity contribution in [1.82, 2.24) is 5.43 Å². The highest BCUT2D eigenvalue weighted by atomic mass is 19.2. The van der Waals surface area contributed by atoms with E-state index >= 15 is 0 Å². The zero-order valence-corrected chi connectivity index (χ0v) is 10.6. The van der Waals surface area contributed by atoms with Crippen molar-refractivity contribution in [2.45, 2.75) is 13.5 Å². The summed E-state index contributed by atoms with van der Waals surface area (Å²) >= 11 is 0. The number of hydrogen-bond donors (Lipinski definition) is 2. The molecular weight excluding hydrogens is 270 g/mol. The summed E-state index contributed by atoms with van der Waals surface area (Å²) in [4.78, 5) is 11.4. The molecule has 106 valence electrons. The van der Waals surface area contributed by atoms with Gasteiger partial charge in [-0.25, -0.2) is 14.6 Å². The normalized spacial score (nSPS) is 10.4. The molecule has 0 unspecified atom stereocenters. The number of aryl methyl sites for hydroxylation is 1. The fourth-order valence-electron chi connectivity index (χ4n) is 1.64. The highest BCUT2D eigenvalue weighted by Crippen LogP contribution is 2.19. The molecule has 0 atom stereocenters. The van der Waals surface area contributed by atoms with E-state index in [9.17, 15) is 13.6 Å². The van der Waals surface area contributed by atoms with Gasteiger partial charge in [0.25, 0.3) is 5.91 Å². The molecule has 20 heavy (non-hydrogen) atoms. The first-order chi connectivity index (χ1) is 9.51. The summed E-state index contributed by atoms with van der Waals surface area (Å²) in [7, 11) is 0. The largest absolute Gasteiger partial charge is 0.486 e. The maximum atomic E-state index is 13.0. The standard InChI is InChI=1S/C13H12F2N2O3/c1-7-10(13(18)17-16)4-9(20-7)6-19-8-2-3-11(14)12(15)5-8/h2-5H,6,16H2,1H3,(H,17,18). The lowest BCUT2D eigenvalue weighted by Crippen LogP contribution is -2.30. The van der Waals surface area contributed by atoms with Crippen LogP contribution in [0.25, 0.3) is 0 Å². The maximum absolute atomic E-state index is 13.0. The Morgan fingerprint density at radius 2 is 2.10 bits per heavy atom. The molecule has 1 aromatic heterocycles. The van der Waals surface area contributed by atoms with E-state index in [4.69, 9.17) is 15.0 Å². The van der Waals surface area contributed by atoms with Crippen LogP contribution >= 0.6 is 0 Å². The summed E-state index contributed by atoms with van der Waals surface area (Å²) in [6.07, 6.45) is 0. The van der Waals surface area contributed by atoms with Gasteiger partial charge in [-0.1, -0.05) is 0 Å². The van der Waals surface area contributed by atoms with E-state index in [1.807, 2.05) is 5.43 Å². The van der Waals surface area contributed by atoms with Crippen LogP contribution in [0, 0.1) is 18.6 Å². The summed E-state index contributed by atoms with van der Waals surface area (Å²) in [6, 6.07) is 4.66. The molecule has 0 fully saturated rings. The second-order valence-corrected chi connectivity index (χ2v) is 4.02. The highest BCUT2D eigenvalue weighted by Gasteiger charge is 2.14. The molecule has 0 aliphatic rings. The van der Waals surface area contributed by atoms with Crippen LogP contribution < -0.4 is 16.0 Å². The molecule has 0 aliphatic heterocycles. The van der Waals surface area contributed by atoms with Gasteiger partial charge in [0.1, 0.15) is 23.9 Å². The maximum Gasteiger partial charge on any atom is 0.268 e. The average molecular weight is 282 g/mol. The van der Waals surface area contributed by atoms with Gasteiger partial charge in [0.05, 0.1) is 5.56 Å². The van der Waals surface area contributed by atoms with Crippen LogP contribution in [-0.4, -0.2) is 5.91 Å². The number of nitrogens with two attached hydrogens (primary N) is 1. The molecule has 0 saturated heterocycles. The van der Waals surface area contributed by atoms with Crippen molar-refractivity contribution in [3.8, 4) is 5.75 Å². The lowest BCUT2D eigenvalue weighted by atomic mass is 10.2. The Balaban J connectivity index is 2.07. The van der Waals surface area contributed by atoms with Crippen molar-refractivity contribution in [2.75, 3.05) is 0 Å². The van der Waals surface area contributed by atoms with Gasteiger partial charge >= 0.3 is 0 Å². The van der Waals surface area contributed by atoms with Gasteiger partial charge in [-0.05, 0) is 25.1 Å². The zero-order chi connectivity index (χ0) is 14.7. The van der Waals surface area contributed by atoms with Gasteiger partial charge in [0.2, 0.25) is 0 Å². The lowest BCUT2D eigenvalue weighted by Gasteiger charge is -2.04. The topological polar surface area (TPSA) is 77.5 Å². The Morgan fingerprint density at radius 1 is 1.35 bits per heavy atom. The zero-order valence-electron chi connectivity index (χ0n) is 10.6. The number of carbonyl (C=O) groups excluding carboxylic acids is 1. The lowest BCUT2D eigenvalue weighted by molar-refractivity contribution is 0.0952. The Labute approximate surface area is 113 Å². The second-order valence-electron chi connectivity index (χ2n) is 4.02. The first kappa shape index (κ1) is 14.0. The summed E-state index contributed by atoms with van der Waals surface area (Å²) in [5, 5.41) is 0. The second kappa shape index (κ2) is 5.70. The van der Waals surface area contributed by atoms with Crippen LogP contribution in [0.5, 0.6) is 5.75 Å². The quantitative estimate of drug-likeness (QED) is 0.511. The molecular formula is C13H12F2N2O3. The van der Waals surface area contributed by atoms with Crippen molar-refractivity contribution in [2.24, 2.45) is 5.84 Å². The van der Waals surface area contributed by atoms with Crippen LogP contribution in [-0.2, 0) is 6.61 Å². The minimum Gasteiger partial charge on any atom is -0.486 e. The summed E-state index contributed by atoms with van der Waals surface area (Å²) in [5.41, 5.74) is 2.28. The Morgan fingerprint density at radius 3 is 2.75 bits per heavy atom. The fraction of sp³-hybridized carbons (Fsp3) is 0.154. The van der Waals surface area contributed by atoms with E-state index in [0.29, 0.717) is 11.5 Å². The Kier molecular flexibility index (Phi) is 3.99. The van der Waals surface area contributed by atoms with Crippen LogP contribution in [0.3, 0.4) is 0 Å². The van der Waals surface area contributed by atoms with Crippen LogP contribution in [0.15, 0.2) is 28.7 Å². The molecule has 3 N–H and O–H groups in total. The molecule has 2 rings (SSSR count). The molecule has 1 heterocycles. The summed E-state index contributed by atoms with van der Waals surface area (Å²) in [6.45, 7) is 1.58. The minimum absolute atomic E-state index is 0.0240. The predicted molar refractivity (Wildman–Crippen MR) is 65.8 cm³/mol. The molecule has 0 radical (unpaired) electrons. The van der Waals surface area contributed by atoms with Crippen molar-refractivity contribution in [3.05, 3.63) is 53.0 Å². The van der Waals surface area contributed by atoms with E-state index in [1.165, 1.54) is 12.1 Å². The number of halogens is 2. The third kappa shape index (κ3) is 2.94. The first-order valence-corrected chi connectivity index (χ1v) is 5.69. The minimum atomic E-state index is -0.999. The van der Waals surface area contributed by atoms with E-state index < -0.39 is 17.5 Å². The number of hydrogen-bond acceptors (Lipinski definition) is 4. The molecule has 0 bridgehead atoms. The number of carbonyl (C=O) groups is 1. The van der Waals surface area contributed by atoms with E-state index in [0.717, 1.165) is 12.1 Å². The van der Waals surface area contributed by atoms with E-state index in [-0.39, 0.29) is 17.9 Å².